The molecule has 0 radical (unpaired) electrons. The predicted octanol–water partition coefficient (Wildman–Crippen LogP) is 2.79. The highest BCUT2D eigenvalue weighted by molar-refractivity contribution is 5.74. The number of hydrogen-bond acceptors (Lipinski definition) is 4. The average Bonchev–Trinajstić information content (AvgIpc) is 3.06. The van der Waals surface area contributed by atoms with Gasteiger partial charge in [-0.05, 0) is 48.2 Å². The summed E-state index contributed by atoms with van der Waals surface area (Å²) in [5.41, 5.74) is 3.32. The first-order chi connectivity index (χ1) is 11.6. The van der Waals surface area contributed by atoms with Crippen LogP contribution in [0.5, 0.6) is 0 Å². The number of benzene rings is 1. The van der Waals surface area contributed by atoms with Crippen molar-refractivity contribution in [3.63, 3.8) is 0 Å². The Morgan fingerprint density at radius 1 is 1.17 bits per heavy atom. The monoisotopic (exact) mass is 325 g/mol. The van der Waals surface area contributed by atoms with E-state index in [0.717, 1.165) is 29.8 Å². The van der Waals surface area contributed by atoms with Gasteiger partial charge in [0.05, 0.1) is 6.04 Å². The number of likely N-dealkylation sites (tertiary alicyclic amines) is 1. The van der Waals surface area contributed by atoms with E-state index in [9.17, 15) is 9.90 Å². The van der Waals surface area contributed by atoms with Gasteiger partial charge < -0.3 is 10.0 Å². The number of carboxylic acid groups (broad SMARTS) is 1. The Balaban J connectivity index is 2.01. The van der Waals surface area contributed by atoms with E-state index in [1.165, 1.54) is 0 Å². The van der Waals surface area contributed by atoms with Crippen LogP contribution in [0.2, 0.25) is 0 Å². The van der Waals surface area contributed by atoms with E-state index in [4.69, 9.17) is 0 Å². The third kappa shape index (κ3) is 3.26. The molecule has 24 heavy (non-hydrogen) atoms. The number of rotatable bonds is 5. The molecule has 1 aromatic heterocycles. The molecule has 2 heterocycles. The lowest BCUT2D eigenvalue weighted by Crippen LogP contribution is -2.39. The Kier molecular flexibility index (Phi) is 4.81. The highest BCUT2D eigenvalue weighted by Gasteiger charge is 2.36. The summed E-state index contributed by atoms with van der Waals surface area (Å²) >= 11 is 0. The molecule has 0 saturated carbocycles. The summed E-state index contributed by atoms with van der Waals surface area (Å²) in [6, 6.07) is 11.8. The molecule has 3 rings (SSSR count). The van der Waals surface area contributed by atoms with Gasteiger partial charge in [-0.1, -0.05) is 12.1 Å². The zero-order valence-electron chi connectivity index (χ0n) is 14.1. The highest BCUT2D eigenvalue weighted by Crippen LogP contribution is 2.35. The van der Waals surface area contributed by atoms with Gasteiger partial charge in [-0.2, -0.15) is 0 Å². The van der Waals surface area contributed by atoms with Crippen molar-refractivity contribution in [3.8, 4) is 0 Å². The lowest BCUT2D eigenvalue weighted by atomic mass is 9.96. The van der Waals surface area contributed by atoms with Crippen LogP contribution in [0, 0.1) is 0 Å². The number of nitrogens with zero attached hydrogens (tertiary/aromatic N) is 3. The predicted molar refractivity (Wildman–Crippen MR) is 94.2 cm³/mol. The molecular weight excluding hydrogens is 302 g/mol. The Morgan fingerprint density at radius 3 is 2.38 bits per heavy atom. The molecule has 5 heteroatoms. The Labute approximate surface area is 142 Å². The zero-order chi connectivity index (χ0) is 17.1. The van der Waals surface area contributed by atoms with E-state index in [1.807, 2.05) is 26.2 Å². The first kappa shape index (κ1) is 16.5. The highest BCUT2D eigenvalue weighted by atomic mass is 16.4. The van der Waals surface area contributed by atoms with Gasteiger partial charge in [-0.3, -0.25) is 14.7 Å². The summed E-state index contributed by atoms with van der Waals surface area (Å²) < 4.78 is 0. The van der Waals surface area contributed by atoms with Crippen LogP contribution in [0.15, 0.2) is 48.8 Å². The van der Waals surface area contributed by atoms with Gasteiger partial charge in [0.2, 0.25) is 0 Å². The Hall–Kier alpha value is -2.40. The third-order valence-electron chi connectivity index (χ3n) is 4.66. The number of aromatic nitrogens is 1. The summed E-state index contributed by atoms with van der Waals surface area (Å²) in [5.74, 6) is -0.739. The molecule has 0 spiro atoms. The fourth-order valence-corrected chi connectivity index (χ4v) is 3.44. The van der Waals surface area contributed by atoms with Crippen LogP contribution in [0.3, 0.4) is 0 Å². The second kappa shape index (κ2) is 7.01. The van der Waals surface area contributed by atoms with Gasteiger partial charge in [0.1, 0.15) is 6.04 Å². The second-order valence-corrected chi connectivity index (χ2v) is 6.40. The molecule has 1 fully saturated rings. The van der Waals surface area contributed by atoms with Crippen molar-refractivity contribution in [2.45, 2.75) is 24.9 Å². The minimum absolute atomic E-state index is 0.0622. The van der Waals surface area contributed by atoms with Crippen molar-refractivity contribution < 1.29 is 9.90 Å². The maximum absolute atomic E-state index is 11.7. The molecule has 2 atom stereocenters. The van der Waals surface area contributed by atoms with Crippen LogP contribution < -0.4 is 4.90 Å². The summed E-state index contributed by atoms with van der Waals surface area (Å²) in [7, 11) is 4.02. The Morgan fingerprint density at radius 2 is 1.79 bits per heavy atom. The number of carboxylic acids is 1. The summed E-state index contributed by atoms with van der Waals surface area (Å²) in [6.07, 6.45) is 5.14. The van der Waals surface area contributed by atoms with Crippen LogP contribution in [0.1, 0.15) is 30.0 Å². The SMILES string of the molecule is CN(C)c1ccc(C(c2ccncc2)N2CCCC2C(=O)O)cc1. The van der Waals surface area contributed by atoms with Gasteiger partial charge >= 0.3 is 5.97 Å². The van der Waals surface area contributed by atoms with E-state index >= 15 is 0 Å². The molecule has 1 aliphatic heterocycles. The molecule has 1 N–H and O–H groups in total. The van der Waals surface area contributed by atoms with Gasteiger partial charge in [-0.15, -0.1) is 0 Å². The second-order valence-electron chi connectivity index (χ2n) is 6.40. The van der Waals surface area contributed by atoms with Crippen LogP contribution in [-0.4, -0.2) is 47.6 Å². The zero-order valence-corrected chi connectivity index (χ0v) is 14.1. The van der Waals surface area contributed by atoms with Gasteiger partial charge in [-0.25, -0.2) is 0 Å². The minimum Gasteiger partial charge on any atom is -0.480 e. The molecule has 0 amide bonds. The average molecular weight is 325 g/mol. The largest absolute Gasteiger partial charge is 0.480 e. The maximum Gasteiger partial charge on any atom is 0.320 e. The maximum atomic E-state index is 11.7. The molecule has 1 aromatic carbocycles. The molecule has 0 aliphatic carbocycles. The summed E-state index contributed by atoms with van der Waals surface area (Å²) in [5, 5.41) is 9.58. The number of anilines is 1. The van der Waals surface area contributed by atoms with Crippen LogP contribution in [0.4, 0.5) is 5.69 Å². The van der Waals surface area contributed by atoms with E-state index < -0.39 is 12.0 Å². The molecule has 1 saturated heterocycles. The summed E-state index contributed by atoms with van der Waals surface area (Å²) in [6.45, 7) is 0.791. The van der Waals surface area contributed by atoms with Crippen LogP contribution in [0.25, 0.3) is 0 Å². The first-order valence-corrected chi connectivity index (χ1v) is 8.23. The molecule has 2 aromatic rings. The van der Waals surface area contributed by atoms with E-state index in [1.54, 1.807) is 12.4 Å². The quantitative estimate of drug-likeness (QED) is 0.916. The molecule has 1 aliphatic rings. The van der Waals surface area contributed by atoms with Crippen molar-refractivity contribution in [1.82, 2.24) is 9.88 Å². The van der Waals surface area contributed by atoms with Crippen molar-refractivity contribution in [2.24, 2.45) is 0 Å². The van der Waals surface area contributed by atoms with E-state index in [-0.39, 0.29) is 6.04 Å². The molecule has 126 valence electrons. The number of pyridine rings is 1. The molecule has 0 bridgehead atoms. The normalized spacial score (nSPS) is 19.2. The fourth-order valence-electron chi connectivity index (χ4n) is 3.44. The van der Waals surface area contributed by atoms with Crippen LogP contribution >= 0.6 is 0 Å². The lowest BCUT2D eigenvalue weighted by Gasteiger charge is -2.32. The van der Waals surface area contributed by atoms with Crippen LogP contribution in [-0.2, 0) is 4.79 Å². The number of hydrogen-bond donors (Lipinski definition) is 1. The Bertz CT molecular complexity index is 686. The first-order valence-electron chi connectivity index (χ1n) is 8.23. The molecule has 5 nitrogen and oxygen atoms in total. The fraction of sp³-hybridized carbons (Fsp3) is 0.368. The summed E-state index contributed by atoms with van der Waals surface area (Å²) in [4.78, 5) is 19.9. The van der Waals surface area contributed by atoms with E-state index in [2.05, 4.69) is 39.0 Å². The van der Waals surface area contributed by atoms with Crippen molar-refractivity contribution in [2.75, 3.05) is 25.5 Å². The van der Waals surface area contributed by atoms with Gasteiger partial charge in [0, 0.05) is 38.7 Å². The van der Waals surface area contributed by atoms with Crippen molar-refractivity contribution in [3.05, 3.63) is 59.9 Å². The number of carbonyl (C=O) groups is 1. The minimum atomic E-state index is -0.739. The van der Waals surface area contributed by atoms with E-state index in [0.29, 0.717) is 6.42 Å². The molecule has 2 unspecified atom stereocenters. The van der Waals surface area contributed by atoms with Gasteiger partial charge in [0.15, 0.2) is 0 Å². The number of aliphatic carboxylic acids is 1. The van der Waals surface area contributed by atoms with Crippen molar-refractivity contribution in [1.29, 1.82) is 0 Å². The third-order valence-corrected chi connectivity index (χ3v) is 4.66. The standard InChI is InChI=1S/C19H23N3O2/c1-21(2)16-7-5-14(6-8-16)18(15-9-11-20-12-10-15)22-13-3-4-17(22)19(23)24/h5-12,17-18H,3-4,13H2,1-2H3,(H,23,24). The van der Waals surface area contributed by atoms with Gasteiger partial charge in [0.25, 0.3) is 0 Å². The van der Waals surface area contributed by atoms with Crippen molar-refractivity contribution >= 4 is 11.7 Å². The topological polar surface area (TPSA) is 56.7 Å². The smallest absolute Gasteiger partial charge is 0.320 e. The lowest BCUT2D eigenvalue weighted by molar-refractivity contribution is -0.142. The molecular formula is C19H23N3O2.